The van der Waals surface area contributed by atoms with E-state index in [1.54, 1.807) is 29.1 Å². The Labute approximate surface area is 199 Å². The van der Waals surface area contributed by atoms with Gasteiger partial charge in [0.2, 0.25) is 21.7 Å². The van der Waals surface area contributed by atoms with Crippen LogP contribution in [0.5, 0.6) is 0 Å². The number of Topliss-reactive ketones (excluding diaryl/α,β-unsaturated/α-hetero) is 1. The summed E-state index contributed by atoms with van der Waals surface area (Å²) >= 11 is 0. The van der Waals surface area contributed by atoms with Crippen molar-refractivity contribution in [1.29, 1.82) is 0 Å². The number of aromatic nitrogens is 2. The molecule has 0 spiro atoms. The molecule has 0 saturated carbocycles. The third kappa shape index (κ3) is 6.97. The van der Waals surface area contributed by atoms with Crippen molar-refractivity contribution in [3.8, 4) is 0 Å². The second kappa shape index (κ2) is 11.4. The number of hydrogen-bond donors (Lipinski definition) is 3. The van der Waals surface area contributed by atoms with Crippen LogP contribution in [0.2, 0.25) is 0 Å². The highest BCUT2D eigenvalue weighted by Crippen LogP contribution is 2.13. The highest BCUT2D eigenvalue weighted by molar-refractivity contribution is 7.89. The summed E-state index contributed by atoms with van der Waals surface area (Å²) in [5.41, 5.74) is 0.886. The summed E-state index contributed by atoms with van der Waals surface area (Å²) in [4.78, 5) is 38.4. The van der Waals surface area contributed by atoms with E-state index in [1.807, 2.05) is 20.0 Å². The van der Waals surface area contributed by atoms with Crippen molar-refractivity contribution in [3.05, 3.63) is 48.3 Å². The minimum absolute atomic E-state index is 0.00429. The molecule has 1 aromatic carbocycles. The number of nitrogens with one attached hydrogen (secondary N) is 3. The molecule has 1 aliphatic rings. The topological polar surface area (TPSA) is 139 Å². The molecule has 2 atom stereocenters. The van der Waals surface area contributed by atoms with Crippen LogP contribution in [0.4, 0.5) is 0 Å². The lowest BCUT2D eigenvalue weighted by molar-refractivity contribution is -0.140. The first kappa shape index (κ1) is 25.6. The molecule has 184 valence electrons. The number of fused-ring (bicyclic) bond motifs is 2. The molecule has 2 amide bonds. The summed E-state index contributed by atoms with van der Waals surface area (Å²) < 4.78 is 29.9. The molecule has 34 heavy (non-hydrogen) atoms. The summed E-state index contributed by atoms with van der Waals surface area (Å²) in [7, 11) is -3.96. The van der Waals surface area contributed by atoms with Crippen LogP contribution >= 0.6 is 0 Å². The van der Waals surface area contributed by atoms with Crippen LogP contribution in [0.3, 0.4) is 0 Å². The van der Waals surface area contributed by atoms with Crippen LogP contribution in [-0.4, -0.2) is 54.4 Å². The quantitative estimate of drug-likeness (QED) is 0.491. The van der Waals surface area contributed by atoms with Crippen molar-refractivity contribution in [2.75, 3.05) is 6.54 Å². The van der Waals surface area contributed by atoms with Gasteiger partial charge in [-0.25, -0.2) is 8.42 Å². The fourth-order valence-corrected chi connectivity index (χ4v) is 4.96. The van der Waals surface area contributed by atoms with E-state index in [4.69, 9.17) is 0 Å². The molecule has 10 nitrogen and oxygen atoms in total. The van der Waals surface area contributed by atoms with Crippen molar-refractivity contribution < 1.29 is 22.8 Å². The van der Waals surface area contributed by atoms with Crippen molar-refractivity contribution in [2.24, 2.45) is 5.92 Å². The first-order valence-corrected chi connectivity index (χ1v) is 12.8. The third-order valence-electron chi connectivity index (χ3n) is 5.49. The molecule has 2 unspecified atom stereocenters. The van der Waals surface area contributed by atoms with Gasteiger partial charge in [0.05, 0.1) is 17.1 Å². The molecule has 3 rings (SSSR count). The average molecular weight is 490 g/mol. The third-order valence-corrected chi connectivity index (χ3v) is 6.98. The lowest BCUT2D eigenvalue weighted by atomic mass is 10.0. The number of sulfonamides is 1. The molecule has 0 radical (unpaired) electrons. The minimum Gasteiger partial charge on any atom is -0.349 e. The maximum absolute atomic E-state index is 13.2. The maximum Gasteiger partial charge on any atom is 0.289 e. The van der Waals surface area contributed by atoms with Crippen LogP contribution in [0.25, 0.3) is 0 Å². The summed E-state index contributed by atoms with van der Waals surface area (Å²) in [5, 5.41) is 9.48. The van der Waals surface area contributed by atoms with Crippen LogP contribution in [-0.2, 0) is 37.4 Å². The average Bonchev–Trinajstić information content (AvgIpc) is 3.25. The Morgan fingerprint density at radius 3 is 2.68 bits per heavy atom. The Balaban J connectivity index is 1.79. The number of carbonyl (C=O) groups excluding carboxylic acids is 3. The van der Waals surface area contributed by atoms with E-state index in [2.05, 4.69) is 20.5 Å². The number of ketones is 1. The molecule has 0 saturated heterocycles. The molecule has 1 aliphatic heterocycles. The highest BCUT2D eigenvalue weighted by Gasteiger charge is 2.32. The molecular formula is C23H31N5O5S. The van der Waals surface area contributed by atoms with Crippen LogP contribution in [0.1, 0.15) is 38.7 Å². The van der Waals surface area contributed by atoms with Crippen molar-refractivity contribution in [1.82, 2.24) is 25.1 Å². The Kier molecular flexibility index (Phi) is 8.56. The van der Waals surface area contributed by atoms with E-state index in [9.17, 15) is 22.8 Å². The number of nitrogens with zero attached hydrogens (tertiary/aromatic N) is 2. The largest absolute Gasteiger partial charge is 0.349 e. The monoisotopic (exact) mass is 489 g/mol. The molecule has 1 aromatic heterocycles. The Hall–Kier alpha value is -3.05. The van der Waals surface area contributed by atoms with E-state index in [0.717, 1.165) is 5.56 Å². The summed E-state index contributed by atoms with van der Waals surface area (Å²) in [6, 6.07) is 5.56. The van der Waals surface area contributed by atoms with Gasteiger partial charge in [-0.15, -0.1) is 0 Å². The number of carbonyl (C=O) groups is 3. The fraction of sp³-hybridized carbons (Fsp3) is 0.478. The van der Waals surface area contributed by atoms with Gasteiger partial charge in [-0.3, -0.25) is 19.1 Å². The van der Waals surface area contributed by atoms with E-state index in [0.29, 0.717) is 25.9 Å². The summed E-state index contributed by atoms with van der Waals surface area (Å²) in [6.07, 6.45) is 5.01. The standard InChI is InChI=1S/C23H31N5O5S/c1-16(2)13-20(27-34(32,33)18-7-4-3-5-8-18)22(30)26-19-10-9-17-14-25-28(15-17)12-6-11-24-23(31)21(19)29/h3-5,7-8,14-16,19-20,27H,6,9-13H2,1-2H3,(H,24,31)(H,26,30). The first-order valence-electron chi connectivity index (χ1n) is 11.4. The zero-order chi connectivity index (χ0) is 24.7. The van der Waals surface area contributed by atoms with Gasteiger partial charge in [-0.05, 0) is 49.3 Å². The van der Waals surface area contributed by atoms with Crippen molar-refractivity contribution in [2.45, 2.75) is 63.1 Å². The maximum atomic E-state index is 13.2. The molecule has 2 aromatic rings. The summed E-state index contributed by atoms with van der Waals surface area (Å²) in [6.45, 7) is 4.65. The smallest absolute Gasteiger partial charge is 0.289 e. The molecule has 0 aliphatic carbocycles. The number of rotatable bonds is 7. The highest BCUT2D eigenvalue weighted by atomic mass is 32.2. The molecule has 0 fully saturated rings. The first-order chi connectivity index (χ1) is 16.2. The second-order valence-electron chi connectivity index (χ2n) is 8.80. The van der Waals surface area contributed by atoms with E-state index < -0.39 is 39.7 Å². The Morgan fingerprint density at radius 1 is 1.24 bits per heavy atom. The van der Waals surface area contributed by atoms with Gasteiger partial charge in [0.1, 0.15) is 6.04 Å². The minimum atomic E-state index is -3.96. The van der Waals surface area contributed by atoms with Gasteiger partial charge in [0.15, 0.2) is 0 Å². The molecule has 11 heteroatoms. The zero-order valence-electron chi connectivity index (χ0n) is 19.4. The number of benzene rings is 1. The van der Waals surface area contributed by atoms with E-state index >= 15 is 0 Å². The lowest BCUT2D eigenvalue weighted by Gasteiger charge is -2.24. The van der Waals surface area contributed by atoms with Crippen molar-refractivity contribution >= 4 is 27.6 Å². The van der Waals surface area contributed by atoms with Gasteiger partial charge in [0, 0.05) is 19.3 Å². The van der Waals surface area contributed by atoms with Gasteiger partial charge in [-0.1, -0.05) is 32.0 Å². The van der Waals surface area contributed by atoms with Crippen LogP contribution < -0.4 is 15.4 Å². The second-order valence-corrected chi connectivity index (χ2v) is 10.5. The van der Waals surface area contributed by atoms with Gasteiger partial charge in [-0.2, -0.15) is 9.82 Å². The molecule has 2 heterocycles. The van der Waals surface area contributed by atoms with Gasteiger partial charge < -0.3 is 10.6 Å². The predicted molar refractivity (Wildman–Crippen MR) is 125 cm³/mol. The van der Waals surface area contributed by atoms with Crippen LogP contribution in [0, 0.1) is 5.92 Å². The van der Waals surface area contributed by atoms with E-state index in [-0.39, 0.29) is 23.7 Å². The van der Waals surface area contributed by atoms with Crippen molar-refractivity contribution in [3.63, 3.8) is 0 Å². The lowest BCUT2D eigenvalue weighted by Crippen LogP contribution is -2.54. The fourth-order valence-electron chi connectivity index (χ4n) is 3.73. The Morgan fingerprint density at radius 2 is 1.97 bits per heavy atom. The van der Waals surface area contributed by atoms with Gasteiger partial charge in [0.25, 0.3) is 5.91 Å². The summed E-state index contributed by atoms with van der Waals surface area (Å²) in [5.74, 6) is -2.18. The number of hydrogen-bond acceptors (Lipinski definition) is 6. The Bertz CT molecular complexity index is 1110. The van der Waals surface area contributed by atoms with Crippen LogP contribution in [0.15, 0.2) is 47.6 Å². The predicted octanol–water partition coefficient (Wildman–Crippen LogP) is 0.783. The zero-order valence-corrected chi connectivity index (χ0v) is 20.2. The SMILES string of the molecule is CC(C)CC(NS(=O)(=O)c1ccccc1)C(=O)NC1CCc2cnn(c2)CCCNC(=O)C1=O. The number of aryl methyl sites for hydroxylation is 2. The normalized spacial score (nSPS) is 18.5. The van der Waals surface area contributed by atoms with E-state index in [1.165, 1.54) is 12.1 Å². The molecule has 3 N–H and O–H groups in total. The molecule has 2 bridgehead atoms. The molecular weight excluding hydrogens is 458 g/mol. The number of amides is 2. The van der Waals surface area contributed by atoms with Gasteiger partial charge >= 0.3 is 0 Å².